The lowest BCUT2D eigenvalue weighted by Gasteiger charge is -2.31. The summed E-state index contributed by atoms with van der Waals surface area (Å²) in [5, 5.41) is 0.929. The van der Waals surface area contributed by atoms with Crippen LogP contribution in [-0.4, -0.2) is 62.1 Å². The fourth-order valence-electron chi connectivity index (χ4n) is 2.67. The third-order valence-corrected chi connectivity index (χ3v) is 3.87. The van der Waals surface area contributed by atoms with Gasteiger partial charge in [-0.2, -0.15) is 0 Å². The Morgan fingerprint density at radius 3 is 2.54 bits per heavy atom. The molecule has 1 aromatic rings. The minimum Gasteiger partial charge on any atom is -0.378 e. The van der Waals surface area contributed by atoms with Crippen LogP contribution in [0, 0.1) is 0 Å². The predicted molar refractivity (Wildman–Crippen MR) is 86.3 cm³/mol. The van der Waals surface area contributed by atoms with Gasteiger partial charge in [-0.05, 0) is 24.3 Å². The van der Waals surface area contributed by atoms with E-state index in [1.165, 1.54) is 0 Å². The Hall–Kier alpha value is -2.22. The quantitative estimate of drug-likeness (QED) is 0.898. The zero-order valence-electron chi connectivity index (χ0n) is 13.5. The van der Waals surface area contributed by atoms with Crippen molar-refractivity contribution in [3.8, 4) is 0 Å². The Kier molecular flexibility index (Phi) is 4.66. The van der Waals surface area contributed by atoms with Crippen molar-refractivity contribution < 1.29 is 18.3 Å². The number of hydrogen-bond acceptors (Lipinski definition) is 5. The van der Waals surface area contributed by atoms with E-state index in [0.29, 0.717) is 19.0 Å². The molecule has 0 unspecified atom stereocenters. The van der Waals surface area contributed by atoms with Crippen molar-refractivity contribution in [1.29, 1.82) is 0 Å². The van der Waals surface area contributed by atoms with Gasteiger partial charge in [0.25, 0.3) is 11.8 Å². The second kappa shape index (κ2) is 6.72. The van der Waals surface area contributed by atoms with E-state index in [4.69, 9.17) is 4.74 Å². The summed E-state index contributed by atoms with van der Waals surface area (Å²) in [7, 11) is 0. The van der Waals surface area contributed by atoms with Gasteiger partial charge in [-0.1, -0.05) is 0 Å². The van der Waals surface area contributed by atoms with Crippen LogP contribution in [0.5, 0.6) is 0 Å². The number of halogens is 2. The highest BCUT2D eigenvalue weighted by molar-refractivity contribution is 6.02. The maximum absolute atomic E-state index is 13.2. The number of carbonyl (C=O) groups excluding carboxylic acids is 1. The number of nitrogens with one attached hydrogen (secondary N) is 1. The van der Waals surface area contributed by atoms with Gasteiger partial charge in [-0.25, -0.2) is 13.8 Å². The number of carbonyl (C=O) groups is 1. The number of hydrazine groups is 1. The first-order valence-electron chi connectivity index (χ1n) is 7.85. The van der Waals surface area contributed by atoms with Gasteiger partial charge in [0.15, 0.2) is 0 Å². The molecule has 8 heteroatoms. The number of anilines is 1. The number of aliphatic imine (C=N–C) groups is 1. The average Bonchev–Trinajstić information content (AvgIpc) is 2.57. The Balaban J connectivity index is 1.70. The van der Waals surface area contributed by atoms with Crippen molar-refractivity contribution in [2.75, 3.05) is 44.3 Å². The Morgan fingerprint density at radius 2 is 1.92 bits per heavy atom. The van der Waals surface area contributed by atoms with Crippen molar-refractivity contribution in [2.45, 2.75) is 12.8 Å². The molecule has 24 heavy (non-hydrogen) atoms. The number of rotatable bonds is 4. The number of ether oxygens (including phenoxy) is 1. The van der Waals surface area contributed by atoms with Crippen LogP contribution >= 0.6 is 0 Å². The molecule has 2 aliphatic heterocycles. The Labute approximate surface area is 139 Å². The number of amidine groups is 1. The SMILES string of the molecule is CC(F)(F)CN1NC(c2ccc(N3CCOCC3)cc2)=NCC1=O. The number of nitrogens with zero attached hydrogens (tertiary/aromatic N) is 3. The van der Waals surface area contributed by atoms with Crippen molar-refractivity contribution >= 4 is 17.4 Å². The normalized spacial score (nSPS) is 19.1. The lowest BCUT2D eigenvalue weighted by Crippen LogP contribution is -2.54. The third-order valence-electron chi connectivity index (χ3n) is 3.87. The molecule has 0 aliphatic carbocycles. The van der Waals surface area contributed by atoms with E-state index < -0.39 is 18.4 Å². The molecule has 0 atom stereocenters. The van der Waals surface area contributed by atoms with Gasteiger partial charge in [0.2, 0.25) is 0 Å². The second-order valence-corrected chi connectivity index (χ2v) is 5.97. The number of hydrogen-bond donors (Lipinski definition) is 1. The van der Waals surface area contributed by atoms with E-state index in [2.05, 4.69) is 15.3 Å². The van der Waals surface area contributed by atoms with Crippen LogP contribution in [0.15, 0.2) is 29.3 Å². The summed E-state index contributed by atoms with van der Waals surface area (Å²) >= 11 is 0. The lowest BCUT2D eigenvalue weighted by molar-refractivity contribution is -0.137. The van der Waals surface area contributed by atoms with Crippen LogP contribution in [0.25, 0.3) is 0 Å². The highest BCUT2D eigenvalue weighted by atomic mass is 19.3. The highest BCUT2D eigenvalue weighted by Crippen LogP contribution is 2.18. The van der Waals surface area contributed by atoms with E-state index in [1.807, 2.05) is 24.3 Å². The molecular weight excluding hydrogens is 318 g/mol. The molecule has 1 aromatic carbocycles. The zero-order chi connectivity index (χ0) is 17.2. The largest absolute Gasteiger partial charge is 0.378 e. The van der Waals surface area contributed by atoms with Gasteiger partial charge in [0.1, 0.15) is 18.9 Å². The van der Waals surface area contributed by atoms with Gasteiger partial charge in [0.05, 0.1) is 13.2 Å². The zero-order valence-corrected chi connectivity index (χ0v) is 13.5. The summed E-state index contributed by atoms with van der Waals surface area (Å²) in [6, 6.07) is 7.66. The maximum atomic E-state index is 13.2. The van der Waals surface area contributed by atoms with E-state index in [1.54, 1.807) is 0 Å². The van der Waals surface area contributed by atoms with Crippen LogP contribution in [0.4, 0.5) is 14.5 Å². The van der Waals surface area contributed by atoms with Gasteiger partial charge in [-0.15, -0.1) is 0 Å². The average molecular weight is 338 g/mol. The minimum atomic E-state index is -2.97. The number of amides is 1. The monoisotopic (exact) mass is 338 g/mol. The molecule has 6 nitrogen and oxygen atoms in total. The van der Waals surface area contributed by atoms with Crippen molar-refractivity contribution in [1.82, 2.24) is 10.4 Å². The number of benzene rings is 1. The van der Waals surface area contributed by atoms with Crippen LogP contribution in [0.2, 0.25) is 0 Å². The van der Waals surface area contributed by atoms with Crippen molar-refractivity contribution in [3.63, 3.8) is 0 Å². The Bertz CT molecular complexity index is 622. The molecule has 2 heterocycles. The molecule has 130 valence electrons. The molecule has 1 amide bonds. The Morgan fingerprint density at radius 1 is 1.25 bits per heavy atom. The molecule has 1 fully saturated rings. The first-order chi connectivity index (χ1) is 11.4. The van der Waals surface area contributed by atoms with Crippen molar-refractivity contribution in [2.24, 2.45) is 4.99 Å². The molecule has 1 N–H and O–H groups in total. The topological polar surface area (TPSA) is 57.2 Å². The highest BCUT2D eigenvalue weighted by Gasteiger charge is 2.31. The van der Waals surface area contributed by atoms with E-state index in [0.717, 1.165) is 36.3 Å². The molecule has 0 radical (unpaired) electrons. The fraction of sp³-hybridized carbons (Fsp3) is 0.500. The van der Waals surface area contributed by atoms with Crippen LogP contribution in [0.3, 0.4) is 0 Å². The predicted octanol–water partition coefficient (Wildman–Crippen LogP) is 1.27. The summed E-state index contributed by atoms with van der Waals surface area (Å²) in [4.78, 5) is 18.1. The van der Waals surface area contributed by atoms with E-state index in [-0.39, 0.29) is 6.54 Å². The molecule has 3 rings (SSSR count). The first kappa shape index (κ1) is 16.6. The van der Waals surface area contributed by atoms with Gasteiger partial charge < -0.3 is 9.64 Å². The van der Waals surface area contributed by atoms with Crippen molar-refractivity contribution in [3.05, 3.63) is 29.8 Å². The van der Waals surface area contributed by atoms with Gasteiger partial charge in [-0.3, -0.25) is 15.2 Å². The molecule has 0 aromatic heterocycles. The van der Waals surface area contributed by atoms with E-state index in [9.17, 15) is 13.6 Å². The summed E-state index contributed by atoms with van der Waals surface area (Å²) in [5.74, 6) is -3.01. The van der Waals surface area contributed by atoms with Gasteiger partial charge in [0, 0.05) is 31.3 Å². The fourth-order valence-corrected chi connectivity index (χ4v) is 2.67. The second-order valence-electron chi connectivity index (χ2n) is 5.97. The molecule has 2 aliphatic rings. The standard InChI is InChI=1S/C16H20F2N4O2/c1-16(17,18)11-22-14(23)10-19-15(20-22)12-2-4-13(5-3-12)21-6-8-24-9-7-21/h2-5H,6-11H2,1H3,(H,19,20). The lowest BCUT2D eigenvalue weighted by atomic mass is 10.1. The summed E-state index contributed by atoms with van der Waals surface area (Å²) in [6.07, 6.45) is 0. The van der Waals surface area contributed by atoms with Crippen LogP contribution in [0.1, 0.15) is 12.5 Å². The molecule has 0 bridgehead atoms. The van der Waals surface area contributed by atoms with Crippen LogP contribution in [-0.2, 0) is 9.53 Å². The smallest absolute Gasteiger partial charge is 0.264 e. The molecule has 0 spiro atoms. The van der Waals surface area contributed by atoms with Crippen LogP contribution < -0.4 is 10.3 Å². The summed E-state index contributed by atoms with van der Waals surface area (Å²) < 4.78 is 31.7. The number of morpholine rings is 1. The number of alkyl halides is 2. The molecular formula is C16H20F2N4O2. The summed E-state index contributed by atoms with van der Waals surface area (Å²) in [6.45, 7) is 3.06. The molecule has 1 saturated heterocycles. The maximum Gasteiger partial charge on any atom is 0.264 e. The molecule has 0 saturated carbocycles. The summed E-state index contributed by atoms with van der Waals surface area (Å²) in [5.41, 5.74) is 4.52. The first-order valence-corrected chi connectivity index (χ1v) is 7.85. The van der Waals surface area contributed by atoms with Gasteiger partial charge >= 0.3 is 0 Å². The third kappa shape index (κ3) is 4.00. The van der Waals surface area contributed by atoms with E-state index >= 15 is 0 Å². The minimum absolute atomic E-state index is 0.135.